The SMILES string of the molecule is O=C1c2cc(I)ccc2N[C@@H](c2ccco2)N1c1ccccc1. The van der Waals surface area contributed by atoms with E-state index >= 15 is 0 Å². The van der Waals surface area contributed by atoms with Crippen molar-refractivity contribution in [1.29, 1.82) is 0 Å². The van der Waals surface area contributed by atoms with Gasteiger partial charge < -0.3 is 9.73 Å². The van der Waals surface area contributed by atoms with Gasteiger partial charge in [-0.15, -0.1) is 0 Å². The molecule has 4 nitrogen and oxygen atoms in total. The van der Waals surface area contributed by atoms with Gasteiger partial charge in [0.05, 0.1) is 11.8 Å². The zero-order valence-electron chi connectivity index (χ0n) is 12.1. The number of anilines is 2. The van der Waals surface area contributed by atoms with Gasteiger partial charge in [0.15, 0.2) is 6.17 Å². The molecule has 1 amide bonds. The van der Waals surface area contributed by atoms with E-state index in [1.807, 2.05) is 60.7 Å². The minimum absolute atomic E-state index is 0.0372. The predicted octanol–water partition coefficient (Wildman–Crippen LogP) is 4.66. The van der Waals surface area contributed by atoms with Crippen molar-refractivity contribution in [1.82, 2.24) is 0 Å². The molecule has 0 unspecified atom stereocenters. The van der Waals surface area contributed by atoms with Crippen LogP contribution in [0, 0.1) is 3.57 Å². The summed E-state index contributed by atoms with van der Waals surface area (Å²) in [7, 11) is 0. The summed E-state index contributed by atoms with van der Waals surface area (Å²) >= 11 is 2.22. The van der Waals surface area contributed by atoms with Crippen molar-refractivity contribution in [3.05, 3.63) is 81.8 Å². The molecular formula is C18H13IN2O2. The maximum Gasteiger partial charge on any atom is 0.262 e. The molecule has 0 aliphatic carbocycles. The van der Waals surface area contributed by atoms with Crippen LogP contribution in [0.4, 0.5) is 11.4 Å². The molecule has 3 aromatic rings. The van der Waals surface area contributed by atoms with Crippen LogP contribution in [0.5, 0.6) is 0 Å². The average Bonchev–Trinajstić information content (AvgIpc) is 3.10. The van der Waals surface area contributed by atoms with Crippen LogP contribution in [-0.4, -0.2) is 5.91 Å². The van der Waals surface area contributed by atoms with Gasteiger partial charge in [-0.25, -0.2) is 0 Å². The molecular weight excluding hydrogens is 403 g/mol. The van der Waals surface area contributed by atoms with Crippen LogP contribution in [-0.2, 0) is 0 Å². The Bertz CT molecular complexity index is 847. The smallest absolute Gasteiger partial charge is 0.262 e. The van der Waals surface area contributed by atoms with Crippen molar-refractivity contribution in [3.8, 4) is 0 Å². The summed E-state index contributed by atoms with van der Waals surface area (Å²) < 4.78 is 6.58. The molecule has 0 fully saturated rings. The average molecular weight is 416 g/mol. The molecule has 23 heavy (non-hydrogen) atoms. The molecule has 1 aliphatic heterocycles. The zero-order valence-corrected chi connectivity index (χ0v) is 14.2. The highest BCUT2D eigenvalue weighted by molar-refractivity contribution is 14.1. The second kappa shape index (κ2) is 5.73. The summed E-state index contributed by atoms with van der Waals surface area (Å²) in [6, 6.07) is 19.2. The van der Waals surface area contributed by atoms with Crippen molar-refractivity contribution in [2.75, 3.05) is 10.2 Å². The number of halogens is 1. The third-order valence-electron chi connectivity index (χ3n) is 3.83. The number of benzene rings is 2. The van der Waals surface area contributed by atoms with Crippen LogP contribution in [0.1, 0.15) is 22.3 Å². The Morgan fingerprint density at radius 2 is 1.87 bits per heavy atom. The van der Waals surface area contributed by atoms with E-state index in [9.17, 15) is 4.79 Å². The first-order chi connectivity index (χ1) is 11.2. The molecule has 4 rings (SSSR count). The number of amides is 1. The van der Waals surface area contributed by atoms with E-state index < -0.39 is 0 Å². The van der Waals surface area contributed by atoms with E-state index in [2.05, 4.69) is 27.9 Å². The van der Waals surface area contributed by atoms with E-state index in [4.69, 9.17) is 4.42 Å². The molecule has 2 aromatic carbocycles. The van der Waals surface area contributed by atoms with E-state index in [0.29, 0.717) is 11.3 Å². The number of furan rings is 1. The number of hydrogen-bond acceptors (Lipinski definition) is 3. The van der Waals surface area contributed by atoms with Gasteiger partial charge in [-0.3, -0.25) is 9.69 Å². The Morgan fingerprint density at radius 1 is 1.04 bits per heavy atom. The second-order valence-electron chi connectivity index (χ2n) is 5.26. The topological polar surface area (TPSA) is 45.5 Å². The summed E-state index contributed by atoms with van der Waals surface area (Å²) in [5.41, 5.74) is 2.32. The Balaban J connectivity index is 1.87. The van der Waals surface area contributed by atoms with Gasteiger partial charge >= 0.3 is 0 Å². The van der Waals surface area contributed by atoms with E-state index in [1.54, 1.807) is 11.2 Å². The summed E-state index contributed by atoms with van der Waals surface area (Å²) in [4.78, 5) is 14.8. The summed E-state index contributed by atoms with van der Waals surface area (Å²) in [5, 5.41) is 3.41. The lowest BCUT2D eigenvalue weighted by atomic mass is 10.1. The highest BCUT2D eigenvalue weighted by Gasteiger charge is 2.35. The fourth-order valence-corrected chi connectivity index (χ4v) is 3.27. The molecule has 1 aliphatic rings. The van der Waals surface area contributed by atoms with Gasteiger partial charge in [-0.2, -0.15) is 0 Å². The molecule has 1 N–H and O–H groups in total. The number of fused-ring (bicyclic) bond motifs is 1. The lowest BCUT2D eigenvalue weighted by molar-refractivity contribution is 0.0971. The minimum Gasteiger partial charge on any atom is -0.465 e. The number of nitrogens with zero attached hydrogens (tertiary/aromatic N) is 1. The third-order valence-corrected chi connectivity index (χ3v) is 4.50. The van der Waals surface area contributed by atoms with Gasteiger partial charge in [-0.1, -0.05) is 18.2 Å². The molecule has 1 atom stereocenters. The number of hydrogen-bond donors (Lipinski definition) is 1. The van der Waals surface area contributed by atoms with Crippen molar-refractivity contribution in [2.45, 2.75) is 6.17 Å². The third kappa shape index (κ3) is 2.50. The van der Waals surface area contributed by atoms with Gasteiger partial charge in [-0.05, 0) is 65.1 Å². The molecule has 5 heteroatoms. The first-order valence-corrected chi connectivity index (χ1v) is 8.30. The first-order valence-electron chi connectivity index (χ1n) is 7.22. The maximum absolute atomic E-state index is 13.1. The highest BCUT2D eigenvalue weighted by atomic mass is 127. The van der Waals surface area contributed by atoms with Crippen LogP contribution in [0.2, 0.25) is 0 Å². The monoisotopic (exact) mass is 416 g/mol. The van der Waals surface area contributed by atoms with Gasteiger partial charge in [0.25, 0.3) is 5.91 Å². The van der Waals surface area contributed by atoms with E-state index in [1.165, 1.54) is 0 Å². The van der Waals surface area contributed by atoms with Crippen LogP contribution in [0.15, 0.2) is 71.3 Å². The van der Waals surface area contributed by atoms with Crippen LogP contribution in [0.3, 0.4) is 0 Å². The summed E-state index contributed by atoms with van der Waals surface area (Å²) in [6.07, 6.45) is 1.25. The van der Waals surface area contributed by atoms with Crippen LogP contribution >= 0.6 is 22.6 Å². The van der Waals surface area contributed by atoms with E-state index in [-0.39, 0.29) is 12.1 Å². The molecule has 1 aromatic heterocycles. The Morgan fingerprint density at radius 3 is 2.61 bits per heavy atom. The van der Waals surface area contributed by atoms with Crippen LogP contribution in [0.25, 0.3) is 0 Å². The van der Waals surface area contributed by atoms with Crippen molar-refractivity contribution >= 4 is 39.9 Å². The normalized spacial score (nSPS) is 16.8. The molecule has 0 saturated carbocycles. The Kier molecular flexibility index (Phi) is 3.57. The van der Waals surface area contributed by atoms with E-state index in [0.717, 1.165) is 14.9 Å². The minimum atomic E-state index is -0.368. The fourth-order valence-electron chi connectivity index (χ4n) is 2.78. The maximum atomic E-state index is 13.1. The number of nitrogens with one attached hydrogen (secondary N) is 1. The molecule has 0 bridgehead atoms. The predicted molar refractivity (Wildman–Crippen MR) is 97.5 cm³/mol. The van der Waals surface area contributed by atoms with Crippen molar-refractivity contribution in [2.24, 2.45) is 0 Å². The number of para-hydroxylation sites is 1. The second-order valence-corrected chi connectivity index (χ2v) is 6.51. The summed E-state index contributed by atoms with van der Waals surface area (Å²) in [5.74, 6) is 0.663. The van der Waals surface area contributed by atoms with Gasteiger partial charge in [0, 0.05) is 14.9 Å². The Labute approximate surface area is 147 Å². The van der Waals surface area contributed by atoms with Gasteiger partial charge in [0.2, 0.25) is 0 Å². The largest absolute Gasteiger partial charge is 0.465 e. The standard InChI is InChI=1S/C18H13IN2O2/c19-12-8-9-15-14(11-12)18(22)21(13-5-2-1-3-6-13)17(20-15)16-7-4-10-23-16/h1-11,17,20H/t17-/m1/s1. The molecule has 2 heterocycles. The Hall–Kier alpha value is -2.28. The van der Waals surface area contributed by atoms with Crippen molar-refractivity contribution < 1.29 is 9.21 Å². The molecule has 0 radical (unpaired) electrons. The first kappa shape index (κ1) is 14.3. The van der Waals surface area contributed by atoms with Crippen LogP contribution < -0.4 is 10.2 Å². The van der Waals surface area contributed by atoms with Gasteiger partial charge in [0.1, 0.15) is 5.76 Å². The van der Waals surface area contributed by atoms with Crippen molar-refractivity contribution in [3.63, 3.8) is 0 Å². The molecule has 0 spiro atoms. The lowest BCUT2D eigenvalue weighted by Crippen LogP contribution is -2.43. The fraction of sp³-hybridized carbons (Fsp3) is 0.0556. The quantitative estimate of drug-likeness (QED) is 0.619. The summed E-state index contributed by atoms with van der Waals surface area (Å²) in [6.45, 7) is 0. The lowest BCUT2D eigenvalue weighted by Gasteiger charge is -2.36. The molecule has 0 saturated heterocycles. The zero-order chi connectivity index (χ0) is 15.8. The molecule has 114 valence electrons. The highest BCUT2D eigenvalue weighted by Crippen LogP contribution is 2.37. The number of carbonyl (C=O) groups is 1. The number of carbonyl (C=O) groups excluding carboxylic acids is 1. The number of rotatable bonds is 2.